The summed E-state index contributed by atoms with van der Waals surface area (Å²) in [6, 6.07) is 4.10. The fraction of sp³-hybridized carbons (Fsp3) is 0.417. The van der Waals surface area contributed by atoms with Crippen LogP contribution in [0, 0.1) is 0 Å². The molecule has 1 N–H and O–H groups in total. The fourth-order valence-electron chi connectivity index (χ4n) is 1.63. The number of carbonyl (C=O) groups is 1. The smallest absolute Gasteiger partial charge is 0.395 e. The van der Waals surface area contributed by atoms with E-state index in [0.717, 1.165) is 6.42 Å². The topological polar surface area (TPSA) is 47.6 Å². The normalized spacial score (nSPS) is 15.3. The van der Waals surface area contributed by atoms with Crippen LogP contribution in [-0.2, 0) is 4.79 Å². The van der Waals surface area contributed by atoms with Gasteiger partial charge in [-0.3, -0.25) is 4.79 Å². The Morgan fingerprint density at radius 2 is 2.00 bits per heavy atom. The maximum Gasteiger partial charge on any atom is 0.586 e. The molecule has 0 fully saturated rings. The molecule has 1 amide bonds. The minimum Gasteiger partial charge on any atom is -0.395 e. The van der Waals surface area contributed by atoms with Crippen molar-refractivity contribution in [2.24, 2.45) is 0 Å². The van der Waals surface area contributed by atoms with Crippen molar-refractivity contribution in [1.82, 2.24) is 0 Å². The molecule has 1 aliphatic heterocycles. The number of hydrogen-bond acceptors (Lipinski definition) is 3. The van der Waals surface area contributed by atoms with Crippen molar-refractivity contribution in [3.8, 4) is 11.5 Å². The fourth-order valence-corrected chi connectivity index (χ4v) is 1.82. The van der Waals surface area contributed by atoms with Crippen molar-refractivity contribution in [2.75, 3.05) is 11.2 Å². The Bertz CT molecular complexity index is 482. The molecule has 1 aromatic carbocycles. The molecule has 0 unspecified atom stereocenters. The van der Waals surface area contributed by atoms with E-state index >= 15 is 0 Å². The van der Waals surface area contributed by atoms with Crippen LogP contribution in [0.5, 0.6) is 11.5 Å². The zero-order valence-electron chi connectivity index (χ0n) is 9.92. The molecule has 0 aliphatic carbocycles. The zero-order valence-corrected chi connectivity index (χ0v) is 10.7. The van der Waals surface area contributed by atoms with Gasteiger partial charge in [-0.15, -0.1) is 20.4 Å². The number of rotatable bonds is 5. The summed E-state index contributed by atoms with van der Waals surface area (Å²) in [7, 11) is 0. The zero-order chi connectivity index (χ0) is 13.9. The van der Waals surface area contributed by atoms with E-state index in [0.29, 0.717) is 24.4 Å². The van der Waals surface area contributed by atoms with Gasteiger partial charge in [0.2, 0.25) is 5.91 Å². The lowest BCUT2D eigenvalue weighted by molar-refractivity contribution is -0.286. The molecule has 0 radical (unpaired) electrons. The van der Waals surface area contributed by atoms with Gasteiger partial charge in [0.25, 0.3) is 0 Å². The number of hydrogen-bond donors (Lipinski definition) is 1. The maximum absolute atomic E-state index is 12.8. The number of ether oxygens (including phenoxy) is 2. The maximum atomic E-state index is 12.8. The Kier molecular flexibility index (Phi) is 4.09. The third-order valence-corrected chi connectivity index (χ3v) is 2.74. The summed E-state index contributed by atoms with van der Waals surface area (Å²) >= 11 is 5.50. The van der Waals surface area contributed by atoms with Gasteiger partial charge >= 0.3 is 6.29 Å². The number of fused-ring (bicyclic) bond motifs is 1. The van der Waals surface area contributed by atoms with Gasteiger partial charge in [0.15, 0.2) is 11.5 Å². The van der Waals surface area contributed by atoms with Gasteiger partial charge in [-0.05, 0) is 25.0 Å². The molecule has 0 aromatic heterocycles. The van der Waals surface area contributed by atoms with Crippen LogP contribution in [0.2, 0.25) is 0 Å². The van der Waals surface area contributed by atoms with Crippen LogP contribution >= 0.6 is 11.6 Å². The van der Waals surface area contributed by atoms with E-state index in [-0.39, 0.29) is 17.4 Å². The third-order valence-electron chi connectivity index (χ3n) is 2.47. The Labute approximate surface area is 113 Å². The predicted octanol–water partition coefficient (Wildman–Crippen LogP) is 3.36. The van der Waals surface area contributed by atoms with Crippen molar-refractivity contribution in [3.05, 3.63) is 18.2 Å². The van der Waals surface area contributed by atoms with Gasteiger partial charge < -0.3 is 14.8 Å². The largest absolute Gasteiger partial charge is 0.586 e. The summed E-state index contributed by atoms with van der Waals surface area (Å²) in [4.78, 5) is 11.5. The highest BCUT2D eigenvalue weighted by Gasteiger charge is 2.43. The lowest BCUT2D eigenvalue weighted by Gasteiger charge is -2.05. The molecule has 1 heterocycles. The monoisotopic (exact) mass is 291 g/mol. The van der Waals surface area contributed by atoms with Crippen molar-refractivity contribution in [3.63, 3.8) is 0 Å². The molecule has 7 heteroatoms. The van der Waals surface area contributed by atoms with Gasteiger partial charge in [-0.2, -0.15) is 0 Å². The third kappa shape index (κ3) is 3.70. The van der Waals surface area contributed by atoms with Gasteiger partial charge in [0, 0.05) is 24.1 Å². The van der Waals surface area contributed by atoms with E-state index in [1.165, 1.54) is 18.2 Å². The Morgan fingerprint density at radius 1 is 1.26 bits per heavy atom. The van der Waals surface area contributed by atoms with E-state index in [9.17, 15) is 13.6 Å². The molecule has 19 heavy (non-hydrogen) atoms. The van der Waals surface area contributed by atoms with Crippen molar-refractivity contribution in [1.29, 1.82) is 0 Å². The van der Waals surface area contributed by atoms with Crippen LogP contribution in [-0.4, -0.2) is 18.1 Å². The van der Waals surface area contributed by atoms with E-state index in [1.54, 1.807) is 0 Å². The quantitative estimate of drug-likeness (QED) is 0.668. The van der Waals surface area contributed by atoms with Crippen molar-refractivity contribution >= 4 is 23.2 Å². The van der Waals surface area contributed by atoms with Gasteiger partial charge in [0.1, 0.15) is 0 Å². The second-order valence-corrected chi connectivity index (χ2v) is 4.40. The molecule has 0 saturated heterocycles. The summed E-state index contributed by atoms with van der Waals surface area (Å²) in [5.74, 6) is 0.163. The molecular weight excluding hydrogens is 280 g/mol. The molecule has 0 spiro atoms. The number of carbonyl (C=O) groups excluding carboxylic acids is 1. The van der Waals surface area contributed by atoms with Crippen LogP contribution in [0.4, 0.5) is 14.5 Å². The standard InChI is InChI=1S/C12H12ClF2NO3/c13-6-2-1-3-11(17)16-8-4-5-9-10(7-8)19-12(14,15)18-9/h4-5,7H,1-3,6H2,(H,16,17). The number of amides is 1. The Morgan fingerprint density at radius 3 is 2.74 bits per heavy atom. The first-order chi connectivity index (χ1) is 9.00. The lowest BCUT2D eigenvalue weighted by Crippen LogP contribution is -2.25. The lowest BCUT2D eigenvalue weighted by atomic mass is 10.2. The number of nitrogens with one attached hydrogen (secondary N) is 1. The first-order valence-corrected chi connectivity index (χ1v) is 6.29. The molecular formula is C12H12ClF2NO3. The Hall–Kier alpha value is -1.56. The number of halogens is 3. The van der Waals surface area contributed by atoms with E-state index < -0.39 is 6.29 Å². The number of unbranched alkanes of at least 4 members (excludes halogenated alkanes) is 1. The number of anilines is 1. The number of alkyl halides is 3. The minimum absolute atomic E-state index is 0.0508. The van der Waals surface area contributed by atoms with Gasteiger partial charge in [-0.25, -0.2) is 0 Å². The number of benzene rings is 1. The van der Waals surface area contributed by atoms with Crippen LogP contribution in [0.3, 0.4) is 0 Å². The Balaban J connectivity index is 1.95. The van der Waals surface area contributed by atoms with Crippen LogP contribution in [0.15, 0.2) is 18.2 Å². The van der Waals surface area contributed by atoms with E-state index in [4.69, 9.17) is 11.6 Å². The summed E-state index contributed by atoms with van der Waals surface area (Å²) in [5.41, 5.74) is 0.385. The molecule has 0 bridgehead atoms. The van der Waals surface area contributed by atoms with Gasteiger partial charge in [-0.1, -0.05) is 0 Å². The van der Waals surface area contributed by atoms with Crippen molar-refractivity contribution < 1.29 is 23.0 Å². The molecule has 2 rings (SSSR count). The molecule has 4 nitrogen and oxygen atoms in total. The van der Waals surface area contributed by atoms with Crippen LogP contribution < -0.4 is 14.8 Å². The summed E-state index contributed by atoms with van der Waals surface area (Å²) < 4.78 is 34.1. The average molecular weight is 292 g/mol. The molecule has 0 atom stereocenters. The highest BCUT2D eigenvalue weighted by Crippen LogP contribution is 2.42. The molecule has 0 saturated carbocycles. The highest BCUT2D eigenvalue weighted by atomic mass is 35.5. The molecule has 1 aliphatic rings. The van der Waals surface area contributed by atoms with Crippen molar-refractivity contribution in [2.45, 2.75) is 25.6 Å². The average Bonchev–Trinajstić information content (AvgIpc) is 2.62. The van der Waals surface area contributed by atoms with E-state index in [2.05, 4.69) is 14.8 Å². The highest BCUT2D eigenvalue weighted by molar-refractivity contribution is 6.17. The first kappa shape index (κ1) is 13.9. The summed E-state index contributed by atoms with van der Waals surface area (Å²) in [6.07, 6.45) is -1.89. The predicted molar refractivity (Wildman–Crippen MR) is 65.8 cm³/mol. The molecule has 1 aromatic rings. The molecule has 104 valence electrons. The van der Waals surface area contributed by atoms with E-state index in [1.807, 2.05) is 0 Å². The van der Waals surface area contributed by atoms with Crippen LogP contribution in [0.25, 0.3) is 0 Å². The summed E-state index contributed by atoms with van der Waals surface area (Å²) in [6.45, 7) is 0. The second-order valence-electron chi connectivity index (χ2n) is 4.02. The first-order valence-electron chi connectivity index (χ1n) is 5.76. The van der Waals surface area contributed by atoms with Gasteiger partial charge in [0.05, 0.1) is 0 Å². The minimum atomic E-state index is -3.65. The van der Waals surface area contributed by atoms with Crippen LogP contribution in [0.1, 0.15) is 19.3 Å². The second kappa shape index (κ2) is 5.61. The SMILES string of the molecule is O=C(CCCCCl)Nc1ccc2c(c1)OC(F)(F)O2. The summed E-state index contributed by atoms with van der Waals surface area (Å²) in [5, 5.41) is 2.60.